The molecule has 0 bridgehead atoms. The summed E-state index contributed by atoms with van der Waals surface area (Å²) in [6.07, 6.45) is 11.0. The van der Waals surface area contributed by atoms with Crippen molar-refractivity contribution >= 4 is 44.3 Å². The SMILES string of the molecule is c1cncc(-c2ccc(/C3=N/c4cc5ccccc5cc4/C(c4ccc(-c5cccnc5)nc4)=N\c4cc5ccccc5cc43)cn2)c1. The number of hydrogen-bond acceptors (Lipinski definition) is 6. The first kappa shape index (κ1) is 27.6. The summed E-state index contributed by atoms with van der Waals surface area (Å²) in [7, 11) is 0. The zero-order valence-electron chi connectivity index (χ0n) is 25.7. The molecule has 4 aromatic heterocycles. The Morgan fingerprint density at radius 2 is 0.792 bits per heavy atom. The molecule has 1 aliphatic rings. The van der Waals surface area contributed by atoms with Gasteiger partial charge in [-0.25, -0.2) is 9.98 Å². The van der Waals surface area contributed by atoms with Crippen molar-refractivity contribution in [3.05, 3.63) is 181 Å². The van der Waals surface area contributed by atoms with Crippen molar-refractivity contribution in [2.45, 2.75) is 0 Å². The highest BCUT2D eigenvalue weighted by molar-refractivity contribution is 6.24. The second kappa shape index (κ2) is 11.6. The van der Waals surface area contributed by atoms with E-state index in [4.69, 9.17) is 20.0 Å². The first-order valence-corrected chi connectivity index (χ1v) is 15.7. The molecule has 1 aliphatic heterocycles. The van der Waals surface area contributed by atoms with Crippen LogP contribution in [-0.4, -0.2) is 31.4 Å². The van der Waals surface area contributed by atoms with Crippen molar-refractivity contribution in [2.75, 3.05) is 0 Å². The molecule has 9 rings (SSSR count). The normalized spacial score (nSPS) is 14.6. The summed E-state index contributed by atoms with van der Waals surface area (Å²) in [5.74, 6) is 0. The molecular weight excluding hydrogens is 589 g/mol. The topological polar surface area (TPSA) is 76.3 Å². The molecule has 5 heterocycles. The smallest absolute Gasteiger partial charge is 0.0819 e. The van der Waals surface area contributed by atoms with Crippen molar-refractivity contribution in [1.29, 1.82) is 0 Å². The first-order valence-electron chi connectivity index (χ1n) is 15.7. The number of hydrogen-bond donors (Lipinski definition) is 0. The van der Waals surface area contributed by atoms with Gasteiger partial charge in [-0.3, -0.25) is 19.9 Å². The molecule has 6 heteroatoms. The highest BCUT2D eigenvalue weighted by atomic mass is 14.8. The van der Waals surface area contributed by atoms with Gasteiger partial charge in [0, 0.05) is 70.6 Å². The minimum absolute atomic E-state index is 0.811. The average molecular weight is 615 g/mol. The minimum atomic E-state index is 0.811. The van der Waals surface area contributed by atoms with E-state index in [-0.39, 0.29) is 0 Å². The van der Waals surface area contributed by atoms with E-state index in [1.165, 1.54) is 0 Å². The van der Waals surface area contributed by atoms with Gasteiger partial charge in [0.25, 0.3) is 0 Å². The number of aliphatic imine (C=N–C) groups is 2. The molecule has 0 spiro atoms. The van der Waals surface area contributed by atoms with E-state index in [0.29, 0.717) is 0 Å². The lowest BCUT2D eigenvalue weighted by Gasteiger charge is -2.19. The highest BCUT2D eigenvalue weighted by Crippen LogP contribution is 2.37. The Morgan fingerprint density at radius 3 is 1.17 bits per heavy atom. The maximum atomic E-state index is 5.47. The standard InChI is InChI=1S/C42H26N6/c1-3-9-29-21-39-35(19-27(29)7-1)41(33-13-15-37(45-25-33)31-11-5-17-43-23-31)48-40-22-30-10-4-2-8-28(30)20-36(40)42(47-39)34-14-16-38(46-26-34)32-12-6-18-44-24-32/h1-26H/b41-35?,42-36?,47-39?,47-42-,48-40?,48-41-. The van der Waals surface area contributed by atoms with Crippen molar-refractivity contribution in [1.82, 2.24) is 19.9 Å². The van der Waals surface area contributed by atoms with E-state index in [1.54, 1.807) is 12.4 Å². The number of rotatable bonds is 4. The largest absolute Gasteiger partial charge is 0.264 e. The van der Waals surface area contributed by atoms with Crippen LogP contribution in [0.25, 0.3) is 44.1 Å². The van der Waals surface area contributed by atoms with E-state index in [2.05, 4.69) is 94.9 Å². The van der Waals surface area contributed by atoms with Gasteiger partial charge in [-0.2, -0.15) is 0 Å². The zero-order chi connectivity index (χ0) is 31.9. The molecule has 8 aromatic rings. The highest BCUT2D eigenvalue weighted by Gasteiger charge is 2.22. The summed E-state index contributed by atoms with van der Waals surface area (Å²) in [5.41, 5.74) is 10.6. The molecule has 0 fully saturated rings. The molecule has 0 unspecified atom stereocenters. The van der Waals surface area contributed by atoms with Crippen LogP contribution in [0.1, 0.15) is 22.3 Å². The summed E-state index contributed by atoms with van der Waals surface area (Å²) in [6, 6.07) is 41.5. The van der Waals surface area contributed by atoms with Gasteiger partial charge < -0.3 is 0 Å². The van der Waals surface area contributed by atoms with E-state index >= 15 is 0 Å². The summed E-state index contributed by atoms with van der Waals surface area (Å²) >= 11 is 0. The Bertz CT molecular complexity index is 2340. The lowest BCUT2D eigenvalue weighted by atomic mass is 9.93. The Labute approximate surface area is 276 Å². The molecule has 0 radical (unpaired) electrons. The van der Waals surface area contributed by atoms with E-state index < -0.39 is 0 Å². The van der Waals surface area contributed by atoms with Crippen molar-refractivity contribution in [2.24, 2.45) is 9.98 Å². The zero-order valence-corrected chi connectivity index (χ0v) is 25.7. The van der Waals surface area contributed by atoms with Gasteiger partial charge in [0.2, 0.25) is 0 Å². The van der Waals surface area contributed by atoms with Gasteiger partial charge in [0.05, 0.1) is 34.2 Å². The van der Waals surface area contributed by atoms with Crippen molar-refractivity contribution < 1.29 is 0 Å². The van der Waals surface area contributed by atoms with Crippen LogP contribution in [-0.2, 0) is 0 Å². The molecule has 0 N–H and O–H groups in total. The molecule has 6 nitrogen and oxygen atoms in total. The first-order chi connectivity index (χ1) is 23.8. The molecule has 0 amide bonds. The summed E-state index contributed by atoms with van der Waals surface area (Å²) < 4.78 is 0. The van der Waals surface area contributed by atoms with Crippen LogP contribution >= 0.6 is 0 Å². The second-order valence-electron chi connectivity index (χ2n) is 11.7. The van der Waals surface area contributed by atoms with E-state index in [0.717, 1.165) is 89.1 Å². The quantitative estimate of drug-likeness (QED) is 0.198. The van der Waals surface area contributed by atoms with Crippen LogP contribution in [0.2, 0.25) is 0 Å². The van der Waals surface area contributed by atoms with Gasteiger partial charge in [0.1, 0.15) is 0 Å². The number of fused-ring (bicyclic) bond motifs is 4. The maximum Gasteiger partial charge on any atom is 0.0819 e. The van der Waals surface area contributed by atoms with Gasteiger partial charge in [0.15, 0.2) is 0 Å². The Balaban J connectivity index is 1.29. The van der Waals surface area contributed by atoms with Crippen LogP contribution < -0.4 is 0 Å². The summed E-state index contributed by atoms with van der Waals surface area (Å²) in [5, 5.41) is 4.44. The molecule has 0 saturated carbocycles. The lowest BCUT2D eigenvalue weighted by molar-refractivity contribution is 1.27. The summed E-state index contributed by atoms with van der Waals surface area (Å²) in [4.78, 5) is 29.2. The van der Waals surface area contributed by atoms with E-state index in [9.17, 15) is 0 Å². The van der Waals surface area contributed by atoms with Crippen LogP contribution in [0.4, 0.5) is 11.4 Å². The molecule has 48 heavy (non-hydrogen) atoms. The van der Waals surface area contributed by atoms with Gasteiger partial charge in [-0.1, -0.05) is 48.5 Å². The number of pyridine rings is 4. The number of nitrogens with zero attached hydrogens (tertiary/aromatic N) is 6. The predicted molar refractivity (Wildman–Crippen MR) is 193 cm³/mol. The molecular formula is C42H26N6. The Morgan fingerprint density at radius 1 is 0.354 bits per heavy atom. The molecule has 0 atom stereocenters. The monoisotopic (exact) mass is 614 g/mol. The van der Waals surface area contributed by atoms with E-state index in [1.807, 2.05) is 61.2 Å². The van der Waals surface area contributed by atoms with Crippen LogP contribution in [0.15, 0.2) is 168 Å². The third-order valence-electron chi connectivity index (χ3n) is 8.69. The third-order valence-corrected chi connectivity index (χ3v) is 8.69. The van der Waals surface area contributed by atoms with Crippen molar-refractivity contribution in [3.63, 3.8) is 0 Å². The van der Waals surface area contributed by atoms with Crippen LogP contribution in [0.5, 0.6) is 0 Å². The molecule has 224 valence electrons. The van der Waals surface area contributed by atoms with Gasteiger partial charge >= 0.3 is 0 Å². The fourth-order valence-corrected chi connectivity index (χ4v) is 6.26. The number of benzene rings is 4. The van der Waals surface area contributed by atoms with Crippen molar-refractivity contribution in [3.8, 4) is 22.5 Å². The second-order valence-corrected chi connectivity index (χ2v) is 11.7. The average Bonchev–Trinajstić information content (AvgIpc) is 3.16. The van der Waals surface area contributed by atoms with Crippen LogP contribution in [0, 0.1) is 0 Å². The fourth-order valence-electron chi connectivity index (χ4n) is 6.26. The Hall–Kier alpha value is -6.66. The third kappa shape index (κ3) is 5.02. The molecule has 0 aliphatic carbocycles. The fraction of sp³-hybridized carbons (Fsp3) is 0. The minimum Gasteiger partial charge on any atom is -0.264 e. The predicted octanol–water partition coefficient (Wildman–Crippen LogP) is 9.56. The van der Waals surface area contributed by atoms with Gasteiger partial charge in [-0.05, 0) is 94.3 Å². The van der Waals surface area contributed by atoms with Gasteiger partial charge in [-0.15, -0.1) is 0 Å². The lowest BCUT2D eigenvalue weighted by Crippen LogP contribution is -2.11. The van der Waals surface area contributed by atoms with Crippen LogP contribution in [0.3, 0.4) is 0 Å². The number of aromatic nitrogens is 4. The molecule has 4 aromatic carbocycles. The summed E-state index contributed by atoms with van der Waals surface area (Å²) in [6.45, 7) is 0. The molecule has 0 saturated heterocycles. The Kier molecular flexibility index (Phi) is 6.68. The maximum absolute atomic E-state index is 5.47.